The van der Waals surface area contributed by atoms with Crippen LogP contribution in [0.5, 0.6) is 11.5 Å². The van der Waals surface area contributed by atoms with Crippen LogP contribution in [-0.2, 0) is 0 Å². The standard InChI is InChI=1S/C15H13BrN2O2S/c1-19-12-7-6-9(16)8-11(12)18-10-4-3-5-13(20-2)14(10)17-15(18)21/h3-8H,1-2H3,(H,17,21). The highest BCUT2D eigenvalue weighted by Gasteiger charge is 2.14. The molecule has 0 aliphatic rings. The van der Waals surface area contributed by atoms with E-state index in [1.165, 1.54) is 0 Å². The Morgan fingerprint density at radius 1 is 1.10 bits per heavy atom. The Kier molecular flexibility index (Phi) is 3.73. The Morgan fingerprint density at radius 2 is 1.86 bits per heavy atom. The lowest BCUT2D eigenvalue weighted by Gasteiger charge is -2.11. The first-order chi connectivity index (χ1) is 10.2. The van der Waals surface area contributed by atoms with Crippen molar-refractivity contribution in [2.75, 3.05) is 14.2 Å². The molecule has 3 rings (SSSR count). The Balaban J connectivity index is 2.38. The van der Waals surface area contributed by atoms with Gasteiger partial charge >= 0.3 is 0 Å². The largest absolute Gasteiger partial charge is 0.495 e. The number of para-hydroxylation sites is 1. The fraction of sp³-hybridized carbons (Fsp3) is 0.133. The van der Waals surface area contributed by atoms with E-state index in [-0.39, 0.29) is 0 Å². The number of methoxy groups -OCH3 is 2. The molecule has 3 aromatic rings. The van der Waals surface area contributed by atoms with Crippen LogP contribution in [0.4, 0.5) is 0 Å². The summed E-state index contributed by atoms with van der Waals surface area (Å²) in [6.07, 6.45) is 0. The van der Waals surface area contributed by atoms with Crippen LogP contribution in [-0.4, -0.2) is 23.8 Å². The summed E-state index contributed by atoms with van der Waals surface area (Å²) < 4.78 is 14.3. The van der Waals surface area contributed by atoms with Gasteiger partial charge in [0.25, 0.3) is 0 Å². The molecule has 6 heteroatoms. The van der Waals surface area contributed by atoms with E-state index >= 15 is 0 Å². The average Bonchev–Trinajstić information content (AvgIpc) is 2.82. The molecule has 0 saturated heterocycles. The first kappa shape index (κ1) is 14.2. The molecule has 2 aromatic carbocycles. The van der Waals surface area contributed by atoms with E-state index in [1.54, 1.807) is 14.2 Å². The van der Waals surface area contributed by atoms with Crippen molar-refractivity contribution in [1.82, 2.24) is 9.55 Å². The van der Waals surface area contributed by atoms with Crippen molar-refractivity contribution in [3.05, 3.63) is 45.6 Å². The molecule has 21 heavy (non-hydrogen) atoms. The van der Waals surface area contributed by atoms with Crippen molar-refractivity contribution in [3.8, 4) is 17.2 Å². The highest BCUT2D eigenvalue weighted by atomic mass is 79.9. The van der Waals surface area contributed by atoms with E-state index in [0.717, 1.165) is 32.7 Å². The van der Waals surface area contributed by atoms with E-state index in [0.29, 0.717) is 4.77 Å². The van der Waals surface area contributed by atoms with E-state index in [9.17, 15) is 0 Å². The molecule has 0 amide bonds. The number of halogens is 1. The van der Waals surface area contributed by atoms with Crippen LogP contribution in [0.25, 0.3) is 16.7 Å². The number of ether oxygens (including phenoxy) is 2. The summed E-state index contributed by atoms with van der Waals surface area (Å²) in [5.74, 6) is 1.50. The van der Waals surface area contributed by atoms with Crippen LogP contribution in [0, 0.1) is 4.77 Å². The zero-order valence-corrected chi connectivity index (χ0v) is 13.9. The Bertz CT molecular complexity index is 870. The lowest BCUT2D eigenvalue weighted by Crippen LogP contribution is -1.98. The molecule has 0 bridgehead atoms. The molecule has 0 fully saturated rings. The molecule has 4 nitrogen and oxygen atoms in total. The number of hydrogen-bond donors (Lipinski definition) is 1. The topological polar surface area (TPSA) is 39.2 Å². The van der Waals surface area contributed by atoms with Crippen molar-refractivity contribution >= 4 is 39.2 Å². The Labute approximate surface area is 135 Å². The van der Waals surface area contributed by atoms with Crippen molar-refractivity contribution in [3.63, 3.8) is 0 Å². The van der Waals surface area contributed by atoms with E-state index in [4.69, 9.17) is 21.7 Å². The summed E-state index contributed by atoms with van der Waals surface area (Å²) in [6, 6.07) is 11.6. The van der Waals surface area contributed by atoms with Gasteiger partial charge in [-0.2, -0.15) is 0 Å². The molecule has 0 radical (unpaired) electrons. The third kappa shape index (κ3) is 2.34. The van der Waals surface area contributed by atoms with Gasteiger partial charge in [-0.25, -0.2) is 0 Å². The smallest absolute Gasteiger partial charge is 0.182 e. The number of aromatic amines is 1. The van der Waals surface area contributed by atoms with Gasteiger partial charge in [0, 0.05) is 4.47 Å². The van der Waals surface area contributed by atoms with Crippen LogP contribution >= 0.6 is 28.1 Å². The van der Waals surface area contributed by atoms with Crippen molar-refractivity contribution in [2.24, 2.45) is 0 Å². The number of rotatable bonds is 3. The molecule has 1 N–H and O–H groups in total. The predicted octanol–water partition coefficient (Wildman–Crippen LogP) is 4.47. The maximum atomic E-state index is 5.47. The van der Waals surface area contributed by atoms with E-state index in [1.807, 2.05) is 41.0 Å². The van der Waals surface area contributed by atoms with Crippen LogP contribution in [0.1, 0.15) is 0 Å². The minimum absolute atomic E-state index is 0.589. The number of imidazole rings is 1. The lowest BCUT2D eigenvalue weighted by molar-refractivity contribution is 0.413. The second kappa shape index (κ2) is 5.54. The van der Waals surface area contributed by atoms with Gasteiger partial charge < -0.3 is 14.5 Å². The van der Waals surface area contributed by atoms with Crippen molar-refractivity contribution in [2.45, 2.75) is 0 Å². The number of H-pyrrole nitrogens is 1. The summed E-state index contributed by atoms with van der Waals surface area (Å²) in [6.45, 7) is 0. The molecular weight excluding hydrogens is 352 g/mol. The van der Waals surface area contributed by atoms with Crippen molar-refractivity contribution < 1.29 is 9.47 Å². The summed E-state index contributed by atoms with van der Waals surface area (Å²) in [5.41, 5.74) is 2.68. The molecule has 0 aliphatic heterocycles. The molecule has 1 heterocycles. The van der Waals surface area contributed by atoms with E-state index < -0.39 is 0 Å². The van der Waals surface area contributed by atoms with Gasteiger partial charge in [-0.3, -0.25) is 4.57 Å². The van der Waals surface area contributed by atoms with Gasteiger partial charge in [0.2, 0.25) is 0 Å². The zero-order valence-electron chi connectivity index (χ0n) is 11.5. The first-order valence-electron chi connectivity index (χ1n) is 6.27. The van der Waals surface area contributed by atoms with E-state index in [2.05, 4.69) is 20.9 Å². The van der Waals surface area contributed by atoms with Gasteiger partial charge in [0.05, 0.1) is 25.4 Å². The van der Waals surface area contributed by atoms with Gasteiger partial charge in [-0.1, -0.05) is 22.0 Å². The average molecular weight is 365 g/mol. The first-order valence-corrected chi connectivity index (χ1v) is 7.47. The fourth-order valence-corrected chi connectivity index (χ4v) is 3.00. The number of nitrogens with one attached hydrogen (secondary N) is 1. The van der Waals surface area contributed by atoms with Crippen LogP contribution in [0.2, 0.25) is 0 Å². The van der Waals surface area contributed by atoms with Crippen LogP contribution in [0.3, 0.4) is 0 Å². The highest BCUT2D eigenvalue weighted by molar-refractivity contribution is 9.10. The molecular formula is C15H13BrN2O2S. The minimum atomic E-state index is 0.589. The Hall–Kier alpha value is -1.79. The second-order valence-corrected chi connectivity index (χ2v) is 5.74. The normalized spacial score (nSPS) is 10.8. The van der Waals surface area contributed by atoms with Gasteiger partial charge in [-0.15, -0.1) is 0 Å². The number of nitrogens with zero attached hydrogens (tertiary/aromatic N) is 1. The second-order valence-electron chi connectivity index (χ2n) is 4.44. The predicted molar refractivity (Wildman–Crippen MR) is 89.3 cm³/mol. The molecule has 0 spiro atoms. The van der Waals surface area contributed by atoms with Gasteiger partial charge in [-0.05, 0) is 42.5 Å². The minimum Gasteiger partial charge on any atom is -0.495 e. The number of hydrogen-bond acceptors (Lipinski definition) is 3. The molecule has 0 atom stereocenters. The molecule has 0 aliphatic carbocycles. The summed E-state index contributed by atoms with van der Waals surface area (Å²) in [5, 5.41) is 0. The third-order valence-corrected chi connectivity index (χ3v) is 4.06. The summed E-state index contributed by atoms with van der Waals surface area (Å²) in [4.78, 5) is 3.20. The van der Waals surface area contributed by atoms with Crippen molar-refractivity contribution in [1.29, 1.82) is 0 Å². The number of aromatic nitrogens is 2. The number of fused-ring (bicyclic) bond motifs is 1. The summed E-state index contributed by atoms with van der Waals surface area (Å²) in [7, 11) is 3.29. The molecule has 0 unspecified atom stereocenters. The summed E-state index contributed by atoms with van der Waals surface area (Å²) >= 11 is 8.96. The van der Waals surface area contributed by atoms with Gasteiger partial charge in [0.15, 0.2) is 4.77 Å². The molecule has 108 valence electrons. The third-order valence-electron chi connectivity index (χ3n) is 3.28. The Morgan fingerprint density at radius 3 is 2.57 bits per heavy atom. The molecule has 1 aromatic heterocycles. The van der Waals surface area contributed by atoms with Gasteiger partial charge in [0.1, 0.15) is 17.0 Å². The highest BCUT2D eigenvalue weighted by Crippen LogP contribution is 2.32. The maximum Gasteiger partial charge on any atom is 0.182 e. The van der Waals surface area contributed by atoms with Crippen LogP contribution < -0.4 is 9.47 Å². The fourth-order valence-electron chi connectivity index (χ4n) is 2.35. The SMILES string of the molecule is COc1ccc(Br)cc1-n1c(=S)[nH]c2c(OC)cccc21. The quantitative estimate of drug-likeness (QED) is 0.697. The number of benzene rings is 2. The lowest BCUT2D eigenvalue weighted by atomic mass is 10.2. The monoisotopic (exact) mass is 364 g/mol. The maximum absolute atomic E-state index is 5.47. The van der Waals surface area contributed by atoms with Crippen LogP contribution in [0.15, 0.2) is 40.9 Å². The molecule has 0 saturated carbocycles. The zero-order chi connectivity index (χ0) is 15.0.